The zero-order chi connectivity index (χ0) is 14.7. The van der Waals surface area contributed by atoms with Gasteiger partial charge in [0.05, 0.1) is 6.04 Å². The minimum Gasteiger partial charge on any atom is -0.345 e. The monoisotopic (exact) mass is 312 g/mol. The van der Waals surface area contributed by atoms with E-state index in [0.717, 1.165) is 23.7 Å². The minimum atomic E-state index is -0.181. The summed E-state index contributed by atoms with van der Waals surface area (Å²) in [6.07, 6.45) is 1.02. The molecule has 1 heterocycles. The second-order valence-corrected chi connectivity index (χ2v) is 6.69. The highest BCUT2D eigenvalue weighted by Gasteiger charge is 2.25. The van der Waals surface area contributed by atoms with Crippen LogP contribution in [0.2, 0.25) is 5.02 Å². The molecule has 1 N–H and O–H groups in total. The van der Waals surface area contributed by atoms with Crippen LogP contribution in [0.25, 0.3) is 0 Å². The Kier molecular flexibility index (Phi) is 5.35. The van der Waals surface area contributed by atoms with Gasteiger partial charge in [0.25, 0.3) is 0 Å². The first-order chi connectivity index (χ1) is 9.52. The molecular weight excluding hydrogens is 292 g/mol. The van der Waals surface area contributed by atoms with Gasteiger partial charge < -0.3 is 4.90 Å². The molecule has 0 aromatic heterocycles. The van der Waals surface area contributed by atoms with E-state index < -0.39 is 0 Å². The van der Waals surface area contributed by atoms with Crippen LogP contribution in [-0.2, 0) is 4.79 Å². The first kappa shape index (κ1) is 15.7. The van der Waals surface area contributed by atoms with Crippen LogP contribution in [-0.4, -0.2) is 36.2 Å². The number of carbonyl (C=O) groups is 1. The van der Waals surface area contributed by atoms with Crippen LogP contribution in [0.4, 0.5) is 0 Å². The second-order valence-electron chi connectivity index (χ2n) is 5.11. The first-order valence-corrected chi connectivity index (χ1v) is 8.32. The molecule has 0 saturated heterocycles. The number of thioether (sulfide) groups is 1. The summed E-state index contributed by atoms with van der Waals surface area (Å²) in [7, 11) is 1.84. The predicted molar refractivity (Wildman–Crippen MR) is 85.4 cm³/mol. The number of benzene rings is 1. The van der Waals surface area contributed by atoms with Crippen LogP contribution in [0.15, 0.2) is 23.1 Å². The van der Waals surface area contributed by atoms with E-state index in [1.54, 1.807) is 4.90 Å². The van der Waals surface area contributed by atoms with Crippen LogP contribution in [0.5, 0.6) is 0 Å². The van der Waals surface area contributed by atoms with E-state index in [2.05, 4.69) is 11.4 Å². The molecule has 110 valence electrons. The molecule has 2 unspecified atom stereocenters. The fraction of sp³-hybridized carbons (Fsp3) is 0.533. The molecule has 5 heteroatoms. The van der Waals surface area contributed by atoms with Crippen molar-refractivity contribution in [2.24, 2.45) is 0 Å². The summed E-state index contributed by atoms with van der Waals surface area (Å²) in [4.78, 5) is 15.2. The van der Waals surface area contributed by atoms with Gasteiger partial charge in [-0.2, -0.15) is 0 Å². The molecular formula is C15H21ClN2OS. The lowest BCUT2D eigenvalue weighted by Gasteiger charge is -2.30. The van der Waals surface area contributed by atoms with Crippen LogP contribution < -0.4 is 5.32 Å². The zero-order valence-corrected chi connectivity index (χ0v) is 13.7. The van der Waals surface area contributed by atoms with Gasteiger partial charge in [0.15, 0.2) is 0 Å². The highest BCUT2D eigenvalue weighted by atomic mass is 35.5. The van der Waals surface area contributed by atoms with Gasteiger partial charge in [-0.15, -0.1) is 11.8 Å². The summed E-state index contributed by atoms with van der Waals surface area (Å²) < 4.78 is 0. The molecule has 1 aliphatic heterocycles. The largest absolute Gasteiger partial charge is 0.345 e. The van der Waals surface area contributed by atoms with E-state index in [0.29, 0.717) is 0 Å². The number of hydrogen-bond acceptors (Lipinski definition) is 3. The van der Waals surface area contributed by atoms with Crippen molar-refractivity contribution < 1.29 is 4.79 Å². The van der Waals surface area contributed by atoms with Crippen molar-refractivity contribution in [1.82, 2.24) is 10.2 Å². The molecule has 0 bridgehead atoms. The Bertz CT molecular complexity index is 495. The lowest BCUT2D eigenvalue weighted by molar-refractivity contribution is -0.131. The van der Waals surface area contributed by atoms with Crippen molar-refractivity contribution in [3.05, 3.63) is 28.8 Å². The van der Waals surface area contributed by atoms with Gasteiger partial charge in [0.1, 0.15) is 0 Å². The maximum Gasteiger partial charge on any atom is 0.239 e. The summed E-state index contributed by atoms with van der Waals surface area (Å²) in [5, 5.41) is 4.21. The fourth-order valence-corrected chi connectivity index (χ4v) is 3.68. The number of rotatable bonds is 4. The second kappa shape index (κ2) is 6.83. The van der Waals surface area contributed by atoms with Gasteiger partial charge in [0, 0.05) is 29.6 Å². The van der Waals surface area contributed by atoms with Gasteiger partial charge in [0.2, 0.25) is 5.91 Å². The number of hydrogen-bond donors (Lipinski definition) is 1. The Morgan fingerprint density at radius 1 is 1.60 bits per heavy atom. The molecule has 0 spiro atoms. The Balaban J connectivity index is 2.12. The molecule has 20 heavy (non-hydrogen) atoms. The highest BCUT2D eigenvalue weighted by molar-refractivity contribution is 7.99. The molecule has 2 atom stereocenters. The molecule has 0 aliphatic carbocycles. The van der Waals surface area contributed by atoms with Crippen molar-refractivity contribution in [3.63, 3.8) is 0 Å². The lowest BCUT2D eigenvalue weighted by Crippen LogP contribution is -2.44. The summed E-state index contributed by atoms with van der Waals surface area (Å²) in [6.45, 7) is 4.64. The smallest absolute Gasteiger partial charge is 0.239 e. The fourth-order valence-electron chi connectivity index (χ4n) is 2.40. The molecule has 0 fully saturated rings. The Hall–Kier alpha value is -0.710. The first-order valence-electron chi connectivity index (χ1n) is 6.96. The topological polar surface area (TPSA) is 32.3 Å². The Labute approximate surface area is 130 Å². The SMILES string of the molecule is CCN(C)C(=O)C(C)NC1CCSc2ccc(Cl)cc21. The summed E-state index contributed by atoms with van der Waals surface area (Å²) in [5.41, 5.74) is 1.22. The summed E-state index contributed by atoms with van der Waals surface area (Å²) >= 11 is 7.96. The third-order valence-corrected chi connectivity index (χ3v) is 5.04. The van der Waals surface area contributed by atoms with Crippen molar-refractivity contribution in [1.29, 1.82) is 0 Å². The summed E-state index contributed by atoms with van der Waals surface area (Å²) in [5.74, 6) is 1.20. The predicted octanol–water partition coefficient (Wildman–Crippen LogP) is 3.33. The Morgan fingerprint density at radius 2 is 2.35 bits per heavy atom. The highest BCUT2D eigenvalue weighted by Crippen LogP contribution is 2.37. The van der Waals surface area contributed by atoms with Crippen LogP contribution in [0.1, 0.15) is 31.9 Å². The standard InChI is InChI=1S/C15H21ClN2OS/c1-4-18(3)15(19)10(2)17-13-7-8-20-14-6-5-11(16)9-12(13)14/h5-6,9-10,13,17H,4,7-8H2,1-3H3. The van der Waals surface area contributed by atoms with E-state index in [-0.39, 0.29) is 18.0 Å². The number of likely N-dealkylation sites (N-methyl/N-ethyl adjacent to an activating group) is 1. The molecule has 0 saturated carbocycles. The van der Waals surface area contributed by atoms with E-state index in [9.17, 15) is 4.79 Å². The number of nitrogens with one attached hydrogen (secondary N) is 1. The lowest BCUT2D eigenvalue weighted by atomic mass is 10.0. The maximum atomic E-state index is 12.2. The number of carbonyl (C=O) groups excluding carboxylic acids is 1. The van der Waals surface area contributed by atoms with E-state index >= 15 is 0 Å². The third kappa shape index (κ3) is 3.48. The van der Waals surface area contributed by atoms with Crippen molar-refractivity contribution in [2.45, 2.75) is 37.2 Å². The molecule has 0 radical (unpaired) electrons. The van der Waals surface area contributed by atoms with Crippen LogP contribution >= 0.6 is 23.4 Å². The number of amides is 1. The van der Waals surface area contributed by atoms with E-state index in [1.165, 1.54) is 10.5 Å². The molecule has 1 aromatic rings. The molecule has 3 nitrogen and oxygen atoms in total. The van der Waals surface area contributed by atoms with Crippen molar-refractivity contribution >= 4 is 29.3 Å². The van der Waals surface area contributed by atoms with E-state index in [4.69, 9.17) is 11.6 Å². The third-order valence-electron chi connectivity index (χ3n) is 3.68. The molecule has 1 aromatic carbocycles. The normalized spacial score (nSPS) is 19.3. The van der Waals surface area contributed by atoms with Crippen molar-refractivity contribution in [3.8, 4) is 0 Å². The van der Waals surface area contributed by atoms with Crippen molar-refractivity contribution in [2.75, 3.05) is 19.3 Å². The average Bonchev–Trinajstić information content (AvgIpc) is 2.46. The molecule has 1 amide bonds. The molecule has 2 rings (SSSR count). The number of fused-ring (bicyclic) bond motifs is 1. The van der Waals surface area contributed by atoms with Crippen LogP contribution in [0.3, 0.4) is 0 Å². The van der Waals surface area contributed by atoms with Gasteiger partial charge in [-0.25, -0.2) is 0 Å². The van der Waals surface area contributed by atoms with Crippen LogP contribution in [0, 0.1) is 0 Å². The quantitative estimate of drug-likeness (QED) is 0.925. The van der Waals surface area contributed by atoms with Gasteiger partial charge >= 0.3 is 0 Å². The maximum absolute atomic E-state index is 12.2. The minimum absolute atomic E-state index is 0.134. The molecule has 1 aliphatic rings. The average molecular weight is 313 g/mol. The zero-order valence-electron chi connectivity index (χ0n) is 12.1. The number of nitrogens with zero attached hydrogens (tertiary/aromatic N) is 1. The summed E-state index contributed by atoms with van der Waals surface area (Å²) in [6, 6.07) is 6.03. The van der Waals surface area contributed by atoms with E-state index in [1.807, 2.05) is 44.8 Å². The van der Waals surface area contributed by atoms with Gasteiger partial charge in [-0.1, -0.05) is 11.6 Å². The number of halogens is 1. The van der Waals surface area contributed by atoms with Gasteiger partial charge in [-0.3, -0.25) is 10.1 Å². The van der Waals surface area contributed by atoms with Gasteiger partial charge in [-0.05, 0) is 49.8 Å². The Morgan fingerprint density at radius 3 is 3.05 bits per heavy atom.